The molecule has 4 saturated carbocycles. The Bertz CT molecular complexity index is 1420. The van der Waals surface area contributed by atoms with Gasteiger partial charge in [-0.3, -0.25) is 13.7 Å². The van der Waals surface area contributed by atoms with Gasteiger partial charge in [-0.25, -0.2) is 12.5 Å². The average molecular weight is 701 g/mol. The van der Waals surface area contributed by atoms with Gasteiger partial charge < -0.3 is 0 Å². The lowest BCUT2D eigenvalue weighted by Gasteiger charge is -2.63. The number of fused-ring (bicyclic) bond motifs is 5. The van der Waals surface area contributed by atoms with Gasteiger partial charge in [0.25, 0.3) is 0 Å². The van der Waals surface area contributed by atoms with Crippen LogP contribution < -0.4 is 0 Å². The maximum absolute atomic E-state index is 12.1. The Morgan fingerprint density at radius 2 is 1.16 bits per heavy atom. The zero-order chi connectivity index (χ0) is 33.9. The summed E-state index contributed by atoms with van der Waals surface area (Å²) in [6.45, 7) is 15.4. The second-order valence-electron chi connectivity index (χ2n) is 15.4. The summed E-state index contributed by atoms with van der Waals surface area (Å²) in [6.07, 6.45) is 4.19. The van der Waals surface area contributed by atoms with E-state index in [-0.39, 0.29) is 36.0 Å². The second-order valence-corrected chi connectivity index (χ2v) is 18.5. The second kappa shape index (κ2) is 13.0. The maximum atomic E-state index is 12.1. The molecule has 0 aromatic heterocycles. The number of allylic oxidation sites excluding steroid dienone is 2. The van der Waals surface area contributed by atoms with Crippen molar-refractivity contribution in [1.29, 1.82) is 0 Å². The van der Waals surface area contributed by atoms with Gasteiger partial charge in [-0.15, -0.1) is 0 Å². The van der Waals surface area contributed by atoms with Crippen molar-refractivity contribution in [2.45, 2.75) is 112 Å². The Labute approximate surface area is 269 Å². The van der Waals surface area contributed by atoms with Crippen LogP contribution in [0.3, 0.4) is 0 Å². The van der Waals surface area contributed by atoms with Crippen molar-refractivity contribution in [2.24, 2.45) is 64.1 Å². The van der Waals surface area contributed by atoms with Crippen LogP contribution in [-0.2, 0) is 43.7 Å². The molecule has 0 radical (unpaired) electrons. The van der Waals surface area contributed by atoms with Crippen LogP contribution in [0.25, 0.3) is 0 Å². The first-order valence-electron chi connectivity index (χ1n) is 16.1. The zero-order valence-corrected chi connectivity index (χ0v) is 29.7. The molecule has 11 atom stereocenters. The van der Waals surface area contributed by atoms with Gasteiger partial charge in [0.1, 0.15) is 12.2 Å². The summed E-state index contributed by atoms with van der Waals surface area (Å²) < 4.78 is 115. The van der Waals surface area contributed by atoms with Crippen molar-refractivity contribution in [3.05, 3.63) is 12.2 Å². The molecule has 4 fully saturated rings. The molecule has 12 nitrogen and oxygen atoms in total. The molecule has 0 amide bonds. The van der Waals surface area contributed by atoms with Crippen molar-refractivity contribution in [3.63, 3.8) is 0 Å². The fourth-order valence-electron chi connectivity index (χ4n) is 10.6. The Hall–Kier alpha value is -0.650. The largest absolute Gasteiger partial charge is 0.397 e. The van der Waals surface area contributed by atoms with E-state index < -0.39 is 60.8 Å². The summed E-state index contributed by atoms with van der Waals surface area (Å²) in [5, 5.41) is 0. The van der Waals surface area contributed by atoms with Gasteiger partial charge >= 0.3 is 31.2 Å². The molecule has 0 aliphatic heterocycles. The summed E-state index contributed by atoms with van der Waals surface area (Å²) in [4.78, 5) is 0. The van der Waals surface area contributed by atoms with E-state index in [1.54, 1.807) is 0 Å². The van der Waals surface area contributed by atoms with Crippen molar-refractivity contribution in [2.75, 3.05) is 0 Å². The van der Waals surface area contributed by atoms with Crippen LogP contribution in [0.1, 0.15) is 93.4 Å². The highest BCUT2D eigenvalue weighted by Gasteiger charge is 2.65. The van der Waals surface area contributed by atoms with Gasteiger partial charge in [-0.1, -0.05) is 60.6 Å². The van der Waals surface area contributed by atoms with E-state index in [1.165, 1.54) is 0 Å². The average Bonchev–Trinajstić information content (AvgIpc) is 3.19. The van der Waals surface area contributed by atoms with Crippen LogP contribution in [-0.4, -0.2) is 57.2 Å². The van der Waals surface area contributed by atoms with Gasteiger partial charge in [-0.05, 0) is 109 Å². The summed E-state index contributed by atoms with van der Waals surface area (Å²) >= 11 is 0. The van der Waals surface area contributed by atoms with E-state index in [9.17, 15) is 38.9 Å². The lowest BCUT2D eigenvalue weighted by atomic mass is 9.43. The molecule has 3 N–H and O–H groups in total. The first-order valence-corrected chi connectivity index (χ1v) is 20.2. The van der Waals surface area contributed by atoms with Gasteiger partial charge in [0.05, 0.1) is 6.10 Å². The molecule has 0 aromatic carbocycles. The van der Waals surface area contributed by atoms with Crippen molar-refractivity contribution >= 4 is 31.2 Å². The van der Waals surface area contributed by atoms with Gasteiger partial charge in [0.15, 0.2) is 0 Å². The molecule has 4 aliphatic rings. The Morgan fingerprint density at radius 1 is 0.644 bits per heavy atom. The van der Waals surface area contributed by atoms with Crippen LogP contribution in [0, 0.1) is 64.1 Å². The van der Waals surface area contributed by atoms with Gasteiger partial charge in [0, 0.05) is 0 Å². The molecule has 0 heterocycles. The van der Waals surface area contributed by atoms with Gasteiger partial charge in [0.2, 0.25) is 0 Å². The zero-order valence-electron chi connectivity index (χ0n) is 27.3. The van der Waals surface area contributed by atoms with E-state index in [0.717, 1.165) is 25.7 Å². The molecule has 262 valence electrons. The molecule has 9 unspecified atom stereocenters. The lowest BCUT2D eigenvalue weighted by molar-refractivity contribution is -0.183. The normalized spacial score (nSPS) is 40.1. The molecule has 0 aromatic rings. The van der Waals surface area contributed by atoms with Gasteiger partial charge in [-0.2, -0.15) is 25.3 Å². The van der Waals surface area contributed by atoms with Crippen molar-refractivity contribution in [3.8, 4) is 0 Å². The molecule has 4 aliphatic carbocycles. The molecule has 0 bridgehead atoms. The standard InChI is InChI=1S/C30H52O12S3/c1-17(2)20(18(3)4)9-8-19(5)22-10-11-23-21-14-26(40-43(31,32)33)25-15-27(41-44(34,35)36)28(42-45(37,38)39)16-30(25,7)24(21)12-13-29(22,23)6/h8-9,17-28H,10-16H2,1-7H3,(H,31,32,33)(H,34,35,36)(H,37,38,39)/b9-8+/t19?,21?,22?,23?,24?,25?,26-,27-,28?,29?,30?/m0/s1. The molecule has 15 heteroatoms. The third-order valence-electron chi connectivity index (χ3n) is 12.2. The summed E-state index contributed by atoms with van der Waals surface area (Å²) in [6, 6.07) is 0. The first-order chi connectivity index (χ1) is 20.4. The quantitative estimate of drug-likeness (QED) is 0.180. The predicted molar refractivity (Wildman–Crippen MR) is 167 cm³/mol. The minimum Gasteiger partial charge on any atom is -0.264 e. The van der Waals surface area contributed by atoms with Crippen LogP contribution in [0.4, 0.5) is 0 Å². The highest BCUT2D eigenvalue weighted by Crippen LogP contribution is 2.69. The summed E-state index contributed by atoms with van der Waals surface area (Å²) in [5.74, 6) is 1.71. The fourth-order valence-corrected chi connectivity index (χ4v) is 12.1. The lowest BCUT2D eigenvalue weighted by Crippen LogP contribution is -2.62. The first kappa shape index (κ1) is 37.2. The number of hydrogen-bond donors (Lipinski definition) is 3. The van der Waals surface area contributed by atoms with Crippen molar-refractivity contribution < 1.29 is 51.5 Å². The summed E-state index contributed by atoms with van der Waals surface area (Å²) in [5.41, 5.74) is -0.878. The maximum Gasteiger partial charge on any atom is 0.397 e. The minimum absolute atomic E-state index is 0.0255. The molecular weight excluding hydrogens is 649 g/mol. The highest BCUT2D eigenvalue weighted by atomic mass is 32.3. The topological polar surface area (TPSA) is 191 Å². The summed E-state index contributed by atoms with van der Waals surface area (Å²) in [7, 11) is -15.0. The highest BCUT2D eigenvalue weighted by molar-refractivity contribution is 7.81. The Kier molecular flexibility index (Phi) is 10.7. The SMILES string of the molecule is CC(C)C(/C=C/C(C)C1CCC2C3C[C@H](OS(=O)(=O)O)C4C[C@H](OS(=O)(=O)O)C(OS(=O)(=O)O)CC4(C)C3CCC12C)C(C)C. The molecule has 45 heavy (non-hydrogen) atoms. The number of hydrogen-bond acceptors (Lipinski definition) is 9. The minimum atomic E-state index is -5.07. The Morgan fingerprint density at radius 3 is 1.69 bits per heavy atom. The third-order valence-corrected chi connectivity index (χ3v) is 13.7. The monoisotopic (exact) mass is 700 g/mol. The van der Waals surface area contributed by atoms with E-state index >= 15 is 0 Å². The van der Waals surface area contributed by atoms with Crippen LogP contribution in [0.15, 0.2) is 12.2 Å². The van der Waals surface area contributed by atoms with Crippen molar-refractivity contribution in [1.82, 2.24) is 0 Å². The van der Waals surface area contributed by atoms with Crippen LogP contribution >= 0.6 is 0 Å². The predicted octanol–water partition coefficient (Wildman–Crippen LogP) is 5.55. The van der Waals surface area contributed by atoms with Crippen LogP contribution in [0.2, 0.25) is 0 Å². The fraction of sp³-hybridized carbons (Fsp3) is 0.933. The van der Waals surface area contributed by atoms with E-state index in [2.05, 4.69) is 53.7 Å². The van der Waals surface area contributed by atoms with E-state index in [0.29, 0.717) is 36.0 Å². The molecule has 0 spiro atoms. The molecular formula is C30H52O12S3. The molecule has 4 rings (SSSR count). The third kappa shape index (κ3) is 8.15. The molecule has 0 saturated heterocycles. The van der Waals surface area contributed by atoms with E-state index in [1.807, 2.05) is 6.92 Å². The van der Waals surface area contributed by atoms with Crippen LogP contribution in [0.5, 0.6) is 0 Å². The Balaban J connectivity index is 1.69. The smallest absolute Gasteiger partial charge is 0.264 e. The number of rotatable bonds is 11. The van der Waals surface area contributed by atoms with E-state index in [4.69, 9.17) is 12.5 Å².